The van der Waals surface area contributed by atoms with Crippen LogP contribution < -0.4 is 0 Å². The third kappa shape index (κ3) is 3.48. The van der Waals surface area contributed by atoms with Crippen LogP contribution >= 0.6 is 11.6 Å². The summed E-state index contributed by atoms with van der Waals surface area (Å²) in [5.41, 5.74) is 1.51. The largest absolute Gasteiger partial charge is 0.395 e. The summed E-state index contributed by atoms with van der Waals surface area (Å²) in [6.07, 6.45) is 1.35. The Balaban J connectivity index is 1.86. The fourth-order valence-corrected chi connectivity index (χ4v) is 3.88. The average molecular weight is 399 g/mol. The molecule has 9 heteroatoms. The van der Waals surface area contributed by atoms with Gasteiger partial charge in [-0.2, -0.15) is 13.2 Å². The number of nitrogens with zero attached hydrogens (tertiary/aromatic N) is 4. The molecule has 0 radical (unpaired) electrons. The van der Waals surface area contributed by atoms with Gasteiger partial charge in [0.15, 0.2) is 10.8 Å². The fourth-order valence-electron chi connectivity index (χ4n) is 3.63. The number of rotatable bonds is 2. The third-order valence-electron chi connectivity index (χ3n) is 4.95. The molecule has 1 aliphatic carbocycles. The van der Waals surface area contributed by atoms with E-state index in [4.69, 9.17) is 16.3 Å². The minimum absolute atomic E-state index is 0.0419. The topological polar surface area (TPSA) is 52.8 Å². The second kappa shape index (κ2) is 6.91. The SMILES string of the molecule is Cc1nc(Cl)c2nc(C3=CC=CC(C(F)(F)F)C3)n(C3CCOCC3)c2n1. The Morgan fingerprint density at radius 2 is 1.93 bits per heavy atom. The number of imidazole rings is 1. The van der Waals surface area contributed by atoms with Crippen LogP contribution in [0, 0.1) is 12.8 Å². The van der Waals surface area contributed by atoms with Gasteiger partial charge in [-0.15, -0.1) is 0 Å². The van der Waals surface area contributed by atoms with Gasteiger partial charge in [-0.1, -0.05) is 29.8 Å². The lowest BCUT2D eigenvalue weighted by Gasteiger charge is -2.27. The lowest BCUT2D eigenvalue weighted by atomic mass is 9.93. The van der Waals surface area contributed by atoms with Gasteiger partial charge in [-0.25, -0.2) is 15.0 Å². The number of aromatic nitrogens is 4. The van der Waals surface area contributed by atoms with Crippen LogP contribution in [0.4, 0.5) is 13.2 Å². The maximum atomic E-state index is 13.2. The highest BCUT2D eigenvalue weighted by atomic mass is 35.5. The van der Waals surface area contributed by atoms with Gasteiger partial charge in [-0.05, 0) is 31.8 Å². The summed E-state index contributed by atoms with van der Waals surface area (Å²) in [5, 5.41) is 0.212. The third-order valence-corrected chi connectivity index (χ3v) is 5.22. The summed E-state index contributed by atoms with van der Waals surface area (Å²) < 4.78 is 47.1. The summed E-state index contributed by atoms with van der Waals surface area (Å²) in [6.45, 7) is 2.91. The molecule has 2 aliphatic rings. The van der Waals surface area contributed by atoms with E-state index in [0.717, 1.165) is 12.8 Å². The standard InChI is InChI=1S/C18H18ClF3N4O/c1-10-23-15(19)14-17(24-10)26(13-5-7-27-8-6-13)16(25-14)11-3-2-4-12(9-11)18(20,21)22/h2-4,12-13H,5-9H2,1H3. The summed E-state index contributed by atoms with van der Waals surface area (Å²) in [7, 11) is 0. The molecule has 2 aromatic heterocycles. The van der Waals surface area contributed by atoms with Gasteiger partial charge in [0.05, 0.1) is 5.92 Å². The van der Waals surface area contributed by atoms with Crippen LogP contribution in [-0.4, -0.2) is 38.9 Å². The highest BCUT2D eigenvalue weighted by molar-refractivity contribution is 6.33. The quantitative estimate of drug-likeness (QED) is 0.690. The van der Waals surface area contributed by atoms with Crippen molar-refractivity contribution in [2.24, 2.45) is 5.92 Å². The molecule has 1 aliphatic heterocycles. The molecule has 1 saturated heterocycles. The highest BCUT2D eigenvalue weighted by Crippen LogP contribution is 2.40. The van der Waals surface area contributed by atoms with Gasteiger partial charge >= 0.3 is 6.18 Å². The normalized spacial score (nSPS) is 21.7. The van der Waals surface area contributed by atoms with Crippen molar-refractivity contribution in [2.45, 2.75) is 38.4 Å². The van der Waals surface area contributed by atoms with Crippen LogP contribution in [0.25, 0.3) is 16.7 Å². The van der Waals surface area contributed by atoms with Crippen LogP contribution in [0.3, 0.4) is 0 Å². The van der Waals surface area contributed by atoms with Crippen LogP contribution in [0.5, 0.6) is 0 Å². The number of halogens is 4. The molecule has 4 rings (SSSR count). The Bertz CT molecular complexity index is 929. The van der Waals surface area contributed by atoms with E-state index >= 15 is 0 Å². The Labute approximate surface area is 158 Å². The van der Waals surface area contributed by atoms with E-state index in [-0.39, 0.29) is 17.6 Å². The molecular formula is C18H18ClF3N4O. The first-order chi connectivity index (χ1) is 12.8. The average Bonchev–Trinajstić information content (AvgIpc) is 3.01. The van der Waals surface area contributed by atoms with Gasteiger partial charge < -0.3 is 9.30 Å². The molecule has 0 bridgehead atoms. The number of fused-ring (bicyclic) bond motifs is 1. The molecule has 0 aromatic carbocycles. The summed E-state index contributed by atoms with van der Waals surface area (Å²) in [6, 6.07) is 0.0419. The smallest absolute Gasteiger partial charge is 0.381 e. The van der Waals surface area contributed by atoms with E-state index in [1.807, 2.05) is 4.57 Å². The molecule has 1 atom stereocenters. The Hall–Kier alpha value is -1.93. The van der Waals surface area contributed by atoms with Gasteiger partial charge in [0, 0.05) is 19.3 Å². The summed E-state index contributed by atoms with van der Waals surface area (Å²) in [4.78, 5) is 13.2. The van der Waals surface area contributed by atoms with E-state index in [9.17, 15) is 13.2 Å². The summed E-state index contributed by atoms with van der Waals surface area (Å²) >= 11 is 6.26. The molecule has 1 fully saturated rings. The monoisotopic (exact) mass is 398 g/mol. The van der Waals surface area contributed by atoms with Crippen LogP contribution in [0.2, 0.25) is 5.15 Å². The zero-order valence-corrected chi connectivity index (χ0v) is 15.4. The number of hydrogen-bond acceptors (Lipinski definition) is 4. The molecule has 0 spiro atoms. The maximum Gasteiger partial charge on any atom is 0.395 e. The van der Waals surface area contributed by atoms with Crippen molar-refractivity contribution in [2.75, 3.05) is 13.2 Å². The van der Waals surface area contributed by atoms with E-state index in [2.05, 4.69) is 15.0 Å². The number of ether oxygens (including phenoxy) is 1. The van der Waals surface area contributed by atoms with Crippen LogP contribution in [-0.2, 0) is 4.74 Å². The Morgan fingerprint density at radius 1 is 1.19 bits per heavy atom. The molecule has 5 nitrogen and oxygen atoms in total. The fraction of sp³-hybridized carbons (Fsp3) is 0.500. The number of allylic oxidation sites excluding steroid dienone is 4. The summed E-state index contributed by atoms with van der Waals surface area (Å²) in [5.74, 6) is -0.543. The van der Waals surface area contributed by atoms with Crippen molar-refractivity contribution in [3.63, 3.8) is 0 Å². The van der Waals surface area contributed by atoms with Crippen molar-refractivity contribution in [1.29, 1.82) is 0 Å². The van der Waals surface area contributed by atoms with Gasteiger partial charge in [0.2, 0.25) is 0 Å². The number of aryl methyl sites for hydroxylation is 1. The molecule has 0 N–H and O–H groups in total. The van der Waals surface area contributed by atoms with E-state index in [1.54, 1.807) is 13.0 Å². The van der Waals surface area contributed by atoms with Gasteiger partial charge in [0.25, 0.3) is 0 Å². The molecule has 2 aromatic rings. The predicted octanol–water partition coefficient (Wildman–Crippen LogP) is 4.66. The van der Waals surface area contributed by atoms with E-state index < -0.39 is 12.1 Å². The molecule has 27 heavy (non-hydrogen) atoms. The van der Waals surface area contributed by atoms with Crippen LogP contribution in [0.1, 0.15) is 37.0 Å². The zero-order chi connectivity index (χ0) is 19.2. The predicted molar refractivity (Wildman–Crippen MR) is 95.4 cm³/mol. The number of hydrogen-bond donors (Lipinski definition) is 0. The number of alkyl halides is 3. The first-order valence-corrected chi connectivity index (χ1v) is 9.16. The first kappa shape index (κ1) is 18.4. The maximum absolute atomic E-state index is 13.2. The van der Waals surface area contributed by atoms with E-state index in [0.29, 0.717) is 41.6 Å². The van der Waals surface area contributed by atoms with Crippen LogP contribution in [0.15, 0.2) is 18.2 Å². The minimum Gasteiger partial charge on any atom is -0.381 e. The van der Waals surface area contributed by atoms with Gasteiger partial charge in [0.1, 0.15) is 17.2 Å². The minimum atomic E-state index is -4.29. The van der Waals surface area contributed by atoms with Crippen molar-refractivity contribution in [1.82, 2.24) is 19.5 Å². The Morgan fingerprint density at radius 3 is 2.63 bits per heavy atom. The zero-order valence-electron chi connectivity index (χ0n) is 14.6. The molecule has 0 saturated carbocycles. The Kier molecular flexibility index (Phi) is 4.71. The van der Waals surface area contributed by atoms with E-state index in [1.165, 1.54) is 12.2 Å². The molecular weight excluding hydrogens is 381 g/mol. The lowest BCUT2D eigenvalue weighted by molar-refractivity contribution is -0.159. The second-order valence-corrected chi connectivity index (χ2v) is 7.17. The first-order valence-electron chi connectivity index (χ1n) is 8.79. The highest BCUT2D eigenvalue weighted by Gasteiger charge is 2.40. The molecule has 0 amide bonds. The van der Waals surface area contributed by atoms with Crippen molar-refractivity contribution < 1.29 is 17.9 Å². The molecule has 144 valence electrons. The second-order valence-electron chi connectivity index (χ2n) is 6.81. The van der Waals surface area contributed by atoms with Crippen molar-refractivity contribution >= 4 is 28.3 Å². The van der Waals surface area contributed by atoms with Crippen molar-refractivity contribution in [3.8, 4) is 0 Å². The van der Waals surface area contributed by atoms with Crippen molar-refractivity contribution in [3.05, 3.63) is 35.0 Å². The molecule has 3 heterocycles. The molecule has 1 unspecified atom stereocenters. The van der Waals surface area contributed by atoms with Gasteiger partial charge in [-0.3, -0.25) is 0 Å². The lowest BCUT2D eigenvalue weighted by Crippen LogP contribution is -2.24.